The lowest BCUT2D eigenvalue weighted by atomic mass is 10.1. The molecule has 1 aliphatic carbocycles. The molecule has 136 valence electrons. The molecule has 0 radical (unpaired) electrons. The number of hydrogen-bond acceptors (Lipinski definition) is 5. The van der Waals surface area contributed by atoms with Gasteiger partial charge in [-0.15, -0.1) is 0 Å². The summed E-state index contributed by atoms with van der Waals surface area (Å²) >= 11 is 0. The summed E-state index contributed by atoms with van der Waals surface area (Å²) in [5.74, 6) is 0.827. The normalized spacial score (nSPS) is 14.2. The Morgan fingerprint density at radius 2 is 2.15 bits per heavy atom. The molecule has 5 heteroatoms. The second-order valence-electron chi connectivity index (χ2n) is 6.83. The van der Waals surface area contributed by atoms with E-state index in [-0.39, 0.29) is 0 Å². The number of anilines is 2. The van der Waals surface area contributed by atoms with Crippen molar-refractivity contribution in [3.8, 4) is 0 Å². The molecular formula is C21H27N5. The van der Waals surface area contributed by atoms with Gasteiger partial charge in [0.1, 0.15) is 0 Å². The van der Waals surface area contributed by atoms with Crippen molar-refractivity contribution in [2.24, 2.45) is 5.92 Å². The van der Waals surface area contributed by atoms with Gasteiger partial charge in [0.05, 0.1) is 17.1 Å². The van der Waals surface area contributed by atoms with Gasteiger partial charge in [0, 0.05) is 42.1 Å². The van der Waals surface area contributed by atoms with Gasteiger partial charge in [-0.1, -0.05) is 13.3 Å². The Balaban J connectivity index is 1.70. The maximum atomic E-state index is 7.74. The SMILES string of the molecule is CCCc1cc(N/C=C(\C=N)c2ccc(NCC3CC3)c(C)n2)ccn1. The van der Waals surface area contributed by atoms with Gasteiger partial charge in [0.15, 0.2) is 0 Å². The first-order chi connectivity index (χ1) is 12.7. The van der Waals surface area contributed by atoms with Crippen LogP contribution < -0.4 is 10.6 Å². The number of pyridine rings is 2. The number of hydrogen-bond donors (Lipinski definition) is 3. The molecule has 5 nitrogen and oxygen atoms in total. The standard InChI is InChI=1S/C21H27N5/c1-3-4-18-11-19(9-10-23-18)24-14-17(12-22)21-8-7-20(15(2)26-21)25-13-16-5-6-16/h7-12,14,16,22,25H,3-6,13H2,1-2H3,(H,23,24)/b17-14+,22-12?. The second-order valence-corrected chi connectivity index (χ2v) is 6.83. The zero-order chi connectivity index (χ0) is 18.4. The fourth-order valence-electron chi connectivity index (χ4n) is 2.80. The Morgan fingerprint density at radius 1 is 1.31 bits per heavy atom. The average Bonchev–Trinajstić information content (AvgIpc) is 3.46. The van der Waals surface area contributed by atoms with E-state index in [1.165, 1.54) is 19.1 Å². The van der Waals surface area contributed by atoms with Crippen molar-refractivity contribution in [2.75, 3.05) is 17.2 Å². The molecular weight excluding hydrogens is 322 g/mol. The Kier molecular flexibility index (Phi) is 6.00. The van der Waals surface area contributed by atoms with E-state index in [9.17, 15) is 0 Å². The molecule has 26 heavy (non-hydrogen) atoms. The Labute approximate surface area is 155 Å². The molecule has 0 saturated heterocycles. The van der Waals surface area contributed by atoms with Crippen molar-refractivity contribution in [1.82, 2.24) is 9.97 Å². The lowest BCUT2D eigenvalue weighted by Crippen LogP contribution is -2.06. The smallest absolute Gasteiger partial charge is 0.0736 e. The third-order valence-electron chi connectivity index (χ3n) is 4.53. The minimum absolute atomic E-state index is 0.746. The van der Waals surface area contributed by atoms with E-state index in [1.807, 2.05) is 37.5 Å². The van der Waals surface area contributed by atoms with Gasteiger partial charge in [-0.3, -0.25) is 9.97 Å². The summed E-state index contributed by atoms with van der Waals surface area (Å²) in [6.07, 6.45) is 9.68. The van der Waals surface area contributed by atoms with E-state index < -0.39 is 0 Å². The summed E-state index contributed by atoms with van der Waals surface area (Å²) in [5, 5.41) is 14.5. The molecule has 0 unspecified atom stereocenters. The maximum absolute atomic E-state index is 7.74. The fraction of sp³-hybridized carbons (Fsp3) is 0.381. The van der Waals surface area contributed by atoms with Crippen molar-refractivity contribution in [3.63, 3.8) is 0 Å². The van der Waals surface area contributed by atoms with Crippen LogP contribution in [0.25, 0.3) is 5.57 Å². The number of aromatic nitrogens is 2. The number of rotatable bonds is 9. The van der Waals surface area contributed by atoms with Crippen molar-refractivity contribution >= 4 is 23.2 Å². The topological polar surface area (TPSA) is 73.7 Å². The molecule has 2 heterocycles. The molecule has 0 spiro atoms. The second kappa shape index (κ2) is 8.61. The lowest BCUT2D eigenvalue weighted by Gasteiger charge is -2.11. The molecule has 3 N–H and O–H groups in total. The van der Waals surface area contributed by atoms with E-state index in [1.54, 1.807) is 0 Å². The molecule has 0 aromatic carbocycles. The molecule has 2 aromatic heterocycles. The van der Waals surface area contributed by atoms with Gasteiger partial charge in [0.25, 0.3) is 0 Å². The lowest BCUT2D eigenvalue weighted by molar-refractivity contribution is 0.883. The van der Waals surface area contributed by atoms with Crippen LogP contribution in [0.5, 0.6) is 0 Å². The first-order valence-electron chi connectivity index (χ1n) is 9.33. The van der Waals surface area contributed by atoms with Crippen LogP contribution >= 0.6 is 0 Å². The van der Waals surface area contributed by atoms with Crippen LogP contribution in [0.15, 0.2) is 36.7 Å². The zero-order valence-electron chi connectivity index (χ0n) is 15.5. The Hall–Kier alpha value is -2.69. The number of aryl methyl sites for hydroxylation is 2. The van der Waals surface area contributed by atoms with Crippen LogP contribution in [0.2, 0.25) is 0 Å². The average molecular weight is 349 g/mol. The molecule has 0 amide bonds. The summed E-state index contributed by atoms with van der Waals surface area (Å²) in [5.41, 5.74) is 5.63. The van der Waals surface area contributed by atoms with E-state index in [4.69, 9.17) is 5.41 Å². The zero-order valence-corrected chi connectivity index (χ0v) is 15.5. The van der Waals surface area contributed by atoms with Crippen LogP contribution in [0.1, 0.15) is 43.3 Å². The molecule has 2 aromatic rings. The predicted molar refractivity (Wildman–Crippen MR) is 109 cm³/mol. The largest absolute Gasteiger partial charge is 0.383 e. The van der Waals surface area contributed by atoms with E-state index in [0.29, 0.717) is 0 Å². The van der Waals surface area contributed by atoms with Gasteiger partial charge in [0.2, 0.25) is 0 Å². The van der Waals surface area contributed by atoms with Crippen LogP contribution in [-0.2, 0) is 6.42 Å². The van der Waals surface area contributed by atoms with Crippen molar-refractivity contribution in [1.29, 1.82) is 5.41 Å². The predicted octanol–water partition coefficient (Wildman–Crippen LogP) is 4.66. The molecule has 0 aliphatic heterocycles. The quantitative estimate of drug-likeness (QED) is 0.576. The van der Waals surface area contributed by atoms with Gasteiger partial charge in [-0.05, 0) is 56.4 Å². The highest BCUT2D eigenvalue weighted by molar-refractivity contribution is 6.08. The third-order valence-corrected chi connectivity index (χ3v) is 4.53. The van der Waals surface area contributed by atoms with Gasteiger partial charge in [-0.25, -0.2) is 0 Å². The van der Waals surface area contributed by atoms with Crippen LogP contribution in [-0.4, -0.2) is 22.7 Å². The van der Waals surface area contributed by atoms with E-state index >= 15 is 0 Å². The highest BCUT2D eigenvalue weighted by Gasteiger charge is 2.20. The highest BCUT2D eigenvalue weighted by Crippen LogP contribution is 2.29. The fourth-order valence-corrected chi connectivity index (χ4v) is 2.80. The monoisotopic (exact) mass is 349 g/mol. The van der Waals surface area contributed by atoms with Gasteiger partial charge < -0.3 is 16.0 Å². The van der Waals surface area contributed by atoms with Crippen LogP contribution in [0.4, 0.5) is 11.4 Å². The molecule has 1 aliphatic rings. The third kappa shape index (κ3) is 4.91. The summed E-state index contributed by atoms with van der Waals surface area (Å²) in [4.78, 5) is 9.03. The van der Waals surface area contributed by atoms with Gasteiger partial charge in [-0.2, -0.15) is 0 Å². The van der Waals surface area contributed by atoms with Crippen molar-refractivity contribution in [3.05, 3.63) is 53.7 Å². The van der Waals surface area contributed by atoms with Crippen molar-refractivity contribution in [2.45, 2.75) is 39.5 Å². The summed E-state index contributed by atoms with van der Waals surface area (Å²) < 4.78 is 0. The molecule has 3 rings (SSSR count). The minimum atomic E-state index is 0.746. The Bertz CT molecular complexity index is 793. The first-order valence-corrected chi connectivity index (χ1v) is 9.33. The minimum Gasteiger partial charge on any atom is -0.383 e. The number of nitrogens with one attached hydrogen (secondary N) is 3. The first kappa shape index (κ1) is 18.1. The Morgan fingerprint density at radius 3 is 2.85 bits per heavy atom. The molecule has 0 atom stereocenters. The van der Waals surface area contributed by atoms with Crippen molar-refractivity contribution < 1.29 is 0 Å². The summed E-state index contributed by atoms with van der Waals surface area (Å²) in [7, 11) is 0. The maximum Gasteiger partial charge on any atom is 0.0736 e. The molecule has 1 saturated carbocycles. The van der Waals surface area contributed by atoms with Gasteiger partial charge >= 0.3 is 0 Å². The number of allylic oxidation sites excluding steroid dienone is 1. The van der Waals surface area contributed by atoms with E-state index in [0.717, 1.165) is 59.3 Å². The molecule has 0 bridgehead atoms. The summed E-state index contributed by atoms with van der Waals surface area (Å²) in [6, 6.07) is 8.00. The van der Waals surface area contributed by atoms with E-state index in [2.05, 4.69) is 33.6 Å². The number of nitrogens with zero attached hydrogens (tertiary/aromatic N) is 2. The van der Waals surface area contributed by atoms with Crippen LogP contribution in [0, 0.1) is 18.3 Å². The molecule has 1 fully saturated rings. The summed E-state index contributed by atoms with van der Waals surface area (Å²) in [6.45, 7) is 5.18. The highest BCUT2D eigenvalue weighted by atomic mass is 14.9. The van der Waals surface area contributed by atoms with Crippen LogP contribution in [0.3, 0.4) is 0 Å².